The van der Waals surface area contributed by atoms with E-state index < -0.39 is 11.7 Å². The molecule has 0 bridgehead atoms. The molecule has 1 aromatic heterocycles. The van der Waals surface area contributed by atoms with Gasteiger partial charge in [-0.3, -0.25) is 0 Å². The van der Waals surface area contributed by atoms with E-state index in [4.69, 9.17) is 9.47 Å². The minimum absolute atomic E-state index is 0.277. The van der Waals surface area contributed by atoms with Gasteiger partial charge in [0.1, 0.15) is 11.3 Å². The smallest absolute Gasteiger partial charge is 0.441 e. The molecule has 0 fully saturated rings. The summed E-state index contributed by atoms with van der Waals surface area (Å²) in [5.74, 6) is 0. The Morgan fingerprint density at radius 1 is 1.23 bits per heavy atom. The number of carbonyl (C=O) groups excluding carboxylic acids is 1. The summed E-state index contributed by atoms with van der Waals surface area (Å²) in [6.07, 6.45) is 0.887. The molecule has 0 atom stereocenters. The van der Waals surface area contributed by atoms with E-state index >= 15 is 0 Å². The molecule has 0 saturated carbocycles. The third-order valence-electron chi connectivity index (χ3n) is 2.53. The fraction of sp³-hybridized carbons (Fsp3) is 0.400. The molecule has 0 amide bonds. The Hall–Kier alpha value is -1.73. The Morgan fingerprint density at radius 3 is 2.55 bits per heavy atom. The maximum absolute atomic E-state index is 11.8. The second-order valence-electron chi connectivity index (χ2n) is 5.72. The van der Waals surface area contributed by atoms with Gasteiger partial charge in [-0.25, -0.2) is 4.79 Å². The Balaban J connectivity index is 1.84. The maximum atomic E-state index is 11.8. The number of nitrogens with zero attached hydrogens (tertiary/aromatic N) is 3. The lowest BCUT2D eigenvalue weighted by molar-refractivity contribution is 0.0484. The maximum Gasteiger partial charge on any atom is 0.452 e. The van der Waals surface area contributed by atoms with Crippen LogP contribution in [0.5, 0.6) is 0 Å². The number of halogens is 1. The zero-order chi connectivity index (χ0) is 16.2. The van der Waals surface area contributed by atoms with Crippen LogP contribution in [0, 0.1) is 0 Å². The van der Waals surface area contributed by atoms with Gasteiger partial charge in [-0.1, -0.05) is 32.9 Å². The van der Waals surface area contributed by atoms with E-state index in [0.717, 1.165) is 14.8 Å². The van der Waals surface area contributed by atoms with Crippen molar-refractivity contribution in [1.29, 1.82) is 0 Å². The van der Waals surface area contributed by atoms with Gasteiger partial charge < -0.3 is 9.47 Å². The predicted octanol–water partition coefficient (Wildman–Crippen LogP) is 3.54. The van der Waals surface area contributed by atoms with Crippen LogP contribution >= 0.6 is 15.9 Å². The van der Waals surface area contributed by atoms with E-state index in [-0.39, 0.29) is 6.61 Å². The lowest BCUT2D eigenvalue weighted by Crippen LogP contribution is -2.28. The molecule has 0 spiro atoms. The molecular weight excluding hydrogens is 350 g/mol. The van der Waals surface area contributed by atoms with Gasteiger partial charge in [0.2, 0.25) is 0 Å². The van der Waals surface area contributed by atoms with E-state index in [9.17, 15) is 4.79 Å². The molecule has 0 unspecified atom stereocenters. The van der Waals surface area contributed by atoms with Crippen molar-refractivity contribution in [3.8, 4) is 0 Å². The van der Waals surface area contributed by atoms with Gasteiger partial charge in [-0.2, -0.15) is 5.10 Å². The van der Waals surface area contributed by atoms with E-state index in [1.54, 1.807) is 20.8 Å². The largest absolute Gasteiger partial charge is 0.452 e. The molecule has 0 radical (unpaired) electrons. The van der Waals surface area contributed by atoms with Gasteiger partial charge in [0.25, 0.3) is 0 Å². The summed E-state index contributed by atoms with van der Waals surface area (Å²) in [7, 11) is 0. The van der Waals surface area contributed by atoms with E-state index in [1.165, 1.54) is 6.20 Å². The molecule has 22 heavy (non-hydrogen) atoms. The van der Waals surface area contributed by atoms with Crippen molar-refractivity contribution in [3.05, 3.63) is 46.2 Å². The van der Waals surface area contributed by atoms with Crippen LogP contribution in [0.3, 0.4) is 0 Å². The molecule has 6 nitrogen and oxygen atoms in total. The minimum Gasteiger partial charge on any atom is -0.441 e. The highest BCUT2D eigenvalue weighted by Gasteiger charge is 2.19. The molecule has 0 saturated heterocycles. The van der Waals surface area contributed by atoms with Gasteiger partial charge in [-0.15, -0.1) is 5.10 Å². The van der Waals surface area contributed by atoms with Crippen molar-refractivity contribution in [3.63, 3.8) is 0 Å². The molecule has 7 heteroatoms. The summed E-state index contributed by atoms with van der Waals surface area (Å²) in [4.78, 5) is 12.7. The SMILES string of the molecule is CC(C)(C)OC(=O)n1ncc(COCc2ccc(Br)cc2)n1. The molecule has 1 aromatic carbocycles. The summed E-state index contributed by atoms with van der Waals surface area (Å²) in [6.45, 7) is 6.11. The number of hydrogen-bond donors (Lipinski definition) is 0. The molecule has 0 aliphatic heterocycles. The normalized spacial score (nSPS) is 11.5. The van der Waals surface area contributed by atoms with Crippen LogP contribution < -0.4 is 0 Å². The van der Waals surface area contributed by atoms with Crippen LogP contribution in [0.2, 0.25) is 0 Å². The standard InChI is InChI=1S/C15H18BrN3O3/c1-15(2,3)22-14(20)19-17-8-13(18-19)10-21-9-11-4-6-12(16)7-5-11/h4-8H,9-10H2,1-3H3. The van der Waals surface area contributed by atoms with Crippen molar-refractivity contribution in [1.82, 2.24) is 15.0 Å². The molecule has 1 heterocycles. The molecule has 0 aliphatic carbocycles. The Bertz CT molecular complexity index is 632. The third kappa shape index (κ3) is 5.23. The second-order valence-corrected chi connectivity index (χ2v) is 6.64. The van der Waals surface area contributed by atoms with Crippen LogP contribution in [-0.2, 0) is 22.7 Å². The topological polar surface area (TPSA) is 66.2 Å². The first-order valence-corrected chi connectivity index (χ1v) is 7.59. The molecule has 2 aromatic rings. The second kappa shape index (κ2) is 7.02. The number of benzene rings is 1. The first-order valence-electron chi connectivity index (χ1n) is 6.80. The fourth-order valence-corrected chi connectivity index (χ4v) is 1.87. The van der Waals surface area contributed by atoms with Gasteiger partial charge in [0.15, 0.2) is 0 Å². The zero-order valence-corrected chi connectivity index (χ0v) is 14.3. The molecule has 118 valence electrons. The van der Waals surface area contributed by atoms with Gasteiger partial charge in [0, 0.05) is 4.47 Å². The average Bonchev–Trinajstić information content (AvgIpc) is 2.88. The molecule has 0 aliphatic rings. The summed E-state index contributed by atoms with van der Waals surface area (Å²) in [5.41, 5.74) is 1.05. The quantitative estimate of drug-likeness (QED) is 0.826. The van der Waals surface area contributed by atoms with Crippen molar-refractivity contribution in [2.75, 3.05) is 0 Å². The number of hydrogen-bond acceptors (Lipinski definition) is 5. The monoisotopic (exact) mass is 367 g/mol. The van der Waals surface area contributed by atoms with Crippen LogP contribution in [-0.4, -0.2) is 26.7 Å². The van der Waals surface area contributed by atoms with Gasteiger partial charge >= 0.3 is 6.09 Å². The van der Waals surface area contributed by atoms with Crippen LogP contribution in [0.4, 0.5) is 4.79 Å². The minimum atomic E-state index is -0.605. The molecule has 2 rings (SSSR count). The summed E-state index contributed by atoms with van der Waals surface area (Å²) < 4.78 is 11.8. The first-order chi connectivity index (χ1) is 10.3. The van der Waals surface area contributed by atoms with Gasteiger partial charge in [0.05, 0.1) is 19.4 Å². The highest BCUT2D eigenvalue weighted by molar-refractivity contribution is 9.10. The average molecular weight is 368 g/mol. The number of aromatic nitrogens is 3. The van der Waals surface area contributed by atoms with E-state index in [2.05, 4.69) is 26.1 Å². The highest BCUT2D eigenvalue weighted by Crippen LogP contribution is 2.12. The summed E-state index contributed by atoms with van der Waals surface area (Å²) >= 11 is 3.38. The highest BCUT2D eigenvalue weighted by atomic mass is 79.9. The Kier molecular flexibility index (Phi) is 5.31. The first kappa shape index (κ1) is 16.6. The van der Waals surface area contributed by atoms with Crippen molar-refractivity contribution >= 4 is 22.0 Å². The van der Waals surface area contributed by atoms with Crippen LogP contribution in [0.25, 0.3) is 0 Å². The third-order valence-corrected chi connectivity index (χ3v) is 3.06. The predicted molar refractivity (Wildman–Crippen MR) is 84.3 cm³/mol. The van der Waals surface area contributed by atoms with Crippen molar-refractivity contribution < 1.29 is 14.3 Å². The van der Waals surface area contributed by atoms with Crippen LogP contribution in [0.15, 0.2) is 34.9 Å². The van der Waals surface area contributed by atoms with Crippen molar-refractivity contribution in [2.24, 2.45) is 0 Å². The van der Waals surface area contributed by atoms with E-state index in [0.29, 0.717) is 12.3 Å². The number of ether oxygens (including phenoxy) is 2. The van der Waals surface area contributed by atoms with E-state index in [1.807, 2.05) is 24.3 Å². The Labute approximate surface area is 137 Å². The molecule has 0 N–H and O–H groups in total. The number of rotatable bonds is 4. The van der Waals surface area contributed by atoms with Crippen LogP contribution in [0.1, 0.15) is 32.0 Å². The fourth-order valence-electron chi connectivity index (χ4n) is 1.61. The molecular formula is C15H18BrN3O3. The Morgan fingerprint density at radius 2 is 1.91 bits per heavy atom. The lowest BCUT2D eigenvalue weighted by Gasteiger charge is -2.18. The van der Waals surface area contributed by atoms with Gasteiger partial charge in [-0.05, 0) is 38.5 Å². The summed E-state index contributed by atoms with van der Waals surface area (Å²) in [5, 5.41) is 7.92. The summed E-state index contributed by atoms with van der Waals surface area (Å²) in [6, 6.07) is 7.86. The zero-order valence-electron chi connectivity index (χ0n) is 12.7. The number of carbonyl (C=O) groups is 1. The van der Waals surface area contributed by atoms with Crippen molar-refractivity contribution in [2.45, 2.75) is 39.6 Å². The lowest BCUT2D eigenvalue weighted by atomic mass is 10.2.